The van der Waals surface area contributed by atoms with Crippen LogP contribution < -0.4 is 5.73 Å². The number of aromatic hydroxyl groups is 1. The smallest absolute Gasteiger partial charge is 0.300 e. The SMILES string of the molecule is CC(=O)O.CC(=O)O.Cc1cc2ccc(N)cc2c(O)c1N=Nc1ccc(N=Nc2ccccc2)c2ccccc12. The molecular formula is C31H29N5O5. The molecule has 0 amide bonds. The lowest BCUT2D eigenvalue weighted by atomic mass is 10.0. The number of carboxylic acids is 2. The minimum absolute atomic E-state index is 0.0682. The van der Waals surface area contributed by atoms with Crippen LogP contribution in [-0.4, -0.2) is 27.3 Å². The van der Waals surface area contributed by atoms with Crippen LogP contribution in [0.4, 0.5) is 28.4 Å². The van der Waals surface area contributed by atoms with E-state index in [1.807, 2.05) is 91.9 Å². The van der Waals surface area contributed by atoms with Crippen LogP contribution >= 0.6 is 0 Å². The summed E-state index contributed by atoms with van der Waals surface area (Å²) >= 11 is 0. The standard InChI is InChI=1S/C27H21N5O.2C2H4O2/c1-17-15-18-11-12-19(28)16-23(18)27(33)26(17)32-31-25-14-13-24(21-9-5-6-10-22(21)25)30-29-20-7-3-2-4-8-20;2*1-2(3)4/h2-16,33H,28H2,1H3;2*1H3,(H,3,4). The van der Waals surface area contributed by atoms with Gasteiger partial charge in [0, 0.05) is 35.7 Å². The van der Waals surface area contributed by atoms with E-state index in [1.54, 1.807) is 6.07 Å². The Morgan fingerprint density at radius 2 is 1.17 bits per heavy atom. The fourth-order valence-corrected chi connectivity index (χ4v) is 3.80. The molecule has 0 fully saturated rings. The highest BCUT2D eigenvalue weighted by Gasteiger charge is 2.11. The number of phenols is 1. The Balaban J connectivity index is 0.000000515. The number of phenolic OH excluding ortho intramolecular Hbond substituents is 1. The van der Waals surface area contributed by atoms with Crippen LogP contribution in [-0.2, 0) is 9.59 Å². The van der Waals surface area contributed by atoms with E-state index in [9.17, 15) is 5.11 Å². The van der Waals surface area contributed by atoms with Crippen LogP contribution in [0.25, 0.3) is 21.5 Å². The van der Waals surface area contributed by atoms with Crippen molar-refractivity contribution < 1.29 is 24.9 Å². The number of fused-ring (bicyclic) bond motifs is 2. The predicted molar refractivity (Wildman–Crippen MR) is 160 cm³/mol. The lowest BCUT2D eigenvalue weighted by Crippen LogP contribution is -1.86. The number of azo groups is 2. The van der Waals surface area contributed by atoms with E-state index in [2.05, 4.69) is 20.5 Å². The number of benzene rings is 5. The number of carbonyl (C=O) groups is 2. The molecule has 0 heterocycles. The highest BCUT2D eigenvalue weighted by Crippen LogP contribution is 2.41. The number of rotatable bonds is 4. The highest BCUT2D eigenvalue weighted by atomic mass is 16.4. The number of aliphatic carboxylic acids is 2. The van der Waals surface area contributed by atoms with Crippen molar-refractivity contribution in [1.29, 1.82) is 0 Å². The Kier molecular flexibility index (Phi) is 10.2. The quantitative estimate of drug-likeness (QED) is 0.129. The van der Waals surface area contributed by atoms with Crippen molar-refractivity contribution in [3.63, 3.8) is 0 Å². The van der Waals surface area contributed by atoms with Gasteiger partial charge in [-0.25, -0.2) is 0 Å². The van der Waals surface area contributed by atoms with Crippen molar-refractivity contribution >= 4 is 61.9 Å². The summed E-state index contributed by atoms with van der Waals surface area (Å²) < 4.78 is 0. The molecule has 5 N–H and O–H groups in total. The number of nitrogens with zero attached hydrogens (tertiary/aromatic N) is 4. The first-order chi connectivity index (χ1) is 19.6. The van der Waals surface area contributed by atoms with Gasteiger partial charge in [-0.1, -0.05) is 48.5 Å². The third-order valence-electron chi connectivity index (χ3n) is 5.47. The Bertz CT molecular complexity index is 1730. The lowest BCUT2D eigenvalue weighted by molar-refractivity contribution is -0.135. The molecule has 0 saturated heterocycles. The Labute approximate surface area is 236 Å². The highest BCUT2D eigenvalue weighted by molar-refractivity contribution is 6.00. The zero-order valence-corrected chi connectivity index (χ0v) is 22.7. The molecule has 0 aliphatic heterocycles. The molecule has 10 nitrogen and oxygen atoms in total. The number of hydrogen-bond donors (Lipinski definition) is 4. The molecule has 41 heavy (non-hydrogen) atoms. The van der Waals surface area contributed by atoms with Gasteiger partial charge in [-0.2, -0.15) is 5.11 Å². The minimum Gasteiger partial charge on any atom is -0.505 e. The van der Waals surface area contributed by atoms with Crippen molar-refractivity contribution in [2.75, 3.05) is 5.73 Å². The molecule has 10 heteroatoms. The Hall–Kier alpha value is -5.64. The van der Waals surface area contributed by atoms with Crippen molar-refractivity contribution in [3.8, 4) is 5.75 Å². The van der Waals surface area contributed by atoms with E-state index in [1.165, 1.54) is 0 Å². The number of nitrogen functional groups attached to an aromatic ring is 1. The van der Waals surface area contributed by atoms with Crippen molar-refractivity contribution in [1.82, 2.24) is 0 Å². The van der Waals surface area contributed by atoms with Gasteiger partial charge in [0.15, 0.2) is 5.75 Å². The van der Waals surface area contributed by atoms with Crippen LogP contribution in [0.5, 0.6) is 5.75 Å². The van der Waals surface area contributed by atoms with Crippen LogP contribution in [0.2, 0.25) is 0 Å². The molecule has 208 valence electrons. The van der Waals surface area contributed by atoms with Crippen molar-refractivity contribution in [2.45, 2.75) is 20.8 Å². The molecule has 5 aromatic carbocycles. The van der Waals surface area contributed by atoms with E-state index in [-0.39, 0.29) is 5.75 Å². The molecule has 5 rings (SSSR count). The second-order valence-corrected chi connectivity index (χ2v) is 8.79. The Morgan fingerprint density at radius 3 is 1.73 bits per heavy atom. The maximum Gasteiger partial charge on any atom is 0.300 e. The largest absolute Gasteiger partial charge is 0.505 e. The summed E-state index contributed by atoms with van der Waals surface area (Å²) in [5.41, 5.74) is 9.93. The molecule has 0 aromatic heterocycles. The molecule has 0 saturated carbocycles. The molecule has 0 aliphatic carbocycles. The van der Waals surface area contributed by atoms with Gasteiger partial charge in [0.2, 0.25) is 0 Å². The zero-order valence-electron chi connectivity index (χ0n) is 22.7. The van der Waals surface area contributed by atoms with Gasteiger partial charge in [-0.15, -0.1) is 15.3 Å². The summed E-state index contributed by atoms with van der Waals surface area (Å²) in [5, 5.41) is 46.7. The zero-order chi connectivity index (χ0) is 29.9. The molecule has 0 spiro atoms. The Morgan fingerprint density at radius 1 is 0.659 bits per heavy atom. The molecule has 0 aliphatic rings. The number of anilines is 1. The second-order valence-electron chi connectivity index (χ2n) is 8.79. The maximum atomic E-state index is 10.8. The van der Waals surface area contributed by atoms with Gasteiger partial charge in [0.25, 0.3) is 11.9 Å². The van der Waals surface area contributed by atoms with Crippen molar-refractivity contribution in [3.05, 3.63) is 96.6 Å². The van der Waals surface area contributed by atoms with Gasteiger partial charge < -0.3 is 21.1 Å². The summed E-state index contributed by atoms with van der Waals surface area (Å²) in [6.45, 7) is 4.06. The van der Waals surface area contributed by atoms with Crippen LogP contribution in [0.3, 0.4) is 0 Å². The van der Waals surface area contributed by atoms with E-state index < -0.39 is 11.9 Å². The topological polar surface area (TPSA) is 170 Å². The molecular weight excluding hydrogens is 522 g/mol. The van der Waals surface area contributed by atoms with Crippen molar-refractivity contribution in [2.24, 2.45) is 20.5 Å². The average Bonchev–Trinajstić information content (AvgIpc) is 2.92. The molecule has 5 aromatic rings. The molecule has 0 unspecified atom stereocenters. The second kappa shape index (κ2) is 13.9. The minimum atomic E-state index is -0.833. The monoisotopic (exact) mass is 551 g/mol. The first-order valence-corrected chi connectivity index (χ1v) is 12.4. The van der Waals surface area contributed by atoms with Gasteiger partial charge >= 0.3 is 0 Å². The first-order valence-electron chi connectivity index (χ1n) is 12.4. The first kappa shape index (κ1) is 29.9. The number of carboxylic acid groups (broad SMARTS) is 2. The maximum absolute atomic E-state index is 10.8. The fourth-order valence-electron chi connectivity index (χ4n) is 3.80. The lowest BCUT2D eigenvalue weighted by Gasteiger charge is -2.09. The number of hydrogen-bond acceptors (Lipinski definition) is 8. The fraction of sp³-hybridized carbons (Fsp3) is 0.0968. The third-order valence-corrected chi connectivity index (χ3v) is 5.47. The van der Waals surface area contributed by atoms with E-state index in [0.29, 0.717) is 22.4 Å². The van der Waals surface area contributed by atoms with E-state index in [4.69, 9.17) is 25.5 Å². The van der Waals surface area contributed by atoms with Gasteiger partial charge in [0.05, 0.1) is 17.1 Å². The summed E-state index contributed by atoms with van der Waals surface area (Å²) in [5.74, 6) is -1.60. The molecule has 0 bridgehead atoms. The third kappa shape index (κ3) is 8.42. The van der Waals surface area contributed by atoms with Crippen LogP contribution in [0.15, 0.2) is 111 Å². The summed E-state index contributed by atoms with van der Waals surface area (Å²) in [7, 11) is 0. The number of nitrogens with two attached hydrogens (primary N) is 1. The summed E-state index contributed by atoms with van der Waals surface area (Å²) in [6.07, 6.45) is 0. The summed E-state index contributed by atoms with van der Waals surface area (Å²) in [4.78, 5) is 18.0. The van der Waals surface area contributed by atoms with Crippen LogP contribution in [0.1, 0.15) is 19.4 Å². The van der Waals surface area contributed by atoms with Gasteiger partial charge in [0.1, 0.15) is 5.69 Å². The predicted octanol–water partition coefficient (Wildman–Crippen LogP) is 8.60. The van der Waals surface area contributed by atoms with Gasteiger partial charge in [-0.05, 0) is 60.3 Å². The normalized spacial score (nSPS) is 10.7. The van der Waals surface area contributed by atoms with E-state index in [0.717, 1.165) is 46.9 Å². The summed E-state index contributed by atoms with van der Waals surface area (Å²) in [6, 6.07) is 28.6. The molecule has 0 radical (unpaired) electrons. The van der Waals surface area contributed by atoms with E-state index >= 15 is 0 Å². The number of aryl methyl sites for hydroxylation is 1. The van der Waals surface area contributed by atoms with Crippen LogP contribution in [0, 0.1) is 6.92 Å². The molecule has 0 atom stereocenters. The van der Waals surface area contributed by atoms with Gasteiger partial charge in [-0.3, -0.25) is 9.59 Å². The average molecular weight is 552 g/mol.